The first-order valence-electron chi connectivity index (χ1n) is 5.64. The Balaban J connectivity index is 2.97. The van der Waals surface area contributed by atoms with Crippen molar-refractivity contribution in [2.45, 2.75) is 53.1 Å². The highest BCUT2D eigenvalue weighted by molar-refractivity contribution is 5.40. The number of halogens is 1. The Morgan fingerprint density at radius 3 is 2.64 bits per heavy atom. The monoisotopic (exact) mass is 196 g/mol. The average molecular weight is 196 g/mol. The molecule has 1 rings (SSSR count). The summed E-state index contributed by atoms with van der Waals surface area (Å²) in [6.07, 6.45) is 4.24. The molecule has 1 aliphatic rings. The summed E-state index contributed by atoms with van der Waals surface area (Å²) < 4.78 is 13.5. The van der Waals surface area contributed by atoms with E-state index in [2.05, 4.69) is 26.8 Å². The molecule has 0 heterocycles. The van der Waals surface area contributed by atoms with Gasteiger partial charge in [0.2, 0.25) is 0 Å². The molecule has 14 heavy (non-hydrogen) atoms. The van der Waals surface area contributed by atoms with Gasteiger partial charge in [0, 0.05) is 12.3 Å². The Labute approximate surface area is 86.9 Å². The molecule has 0 aromatic carbocycles. The molecule has 0 unspecified atom stereocenters. The van der Waals surface area contributed by atoms with Gasteiger partial charge in [-0.25, -0.2) is 4.39 Å². The smallest absolute Gasteiger partial charge is 0.110 e. The minimum Gasteiger partial charge on any atom is -0.246 e. The maximum atomic E-state index is 13.5. The van der Waals surface area contributed by atoms with Crippen LogP contribution in [0.5, 0.6) is 0 Å². The van der Waals surface area contributed by atoms with Crippen LogP contribution in [0.4, 0.5) is 4.39 Å². The molecule has 0 nitrogen and oxygen atoms in total. The van der Waals surface area contributed by atoms with Gasteiger partial charge >= 0.3 is 0 Å². The van der Waals surface area contributed by atoms with Gasteiger partial charge in [-0.15, -0.1) is 0 Å². The molecule has 0 aromatic rings. The van der Waals surface area contributed by atoms with Crippen molar-refractivity contribution in [1.82, 2.24) is 0 Å². The van der Waals surface area contributed by atoms with Crippen LogP contribution in [-0.4, -0.2) is 6.17 Å². The molecule has 0 spiro atoms. The first-order valence-corrected chi connectivity index (χ1v) is 5.64. The summed E-state index contributed by atoms with van der Waals surface area (Å²) in [4.78, 5) is 0. The molecule has 0 N–H and O–H groups in total. The van der Waals surface area contributed by atoms with Crippen LogP contribution in [0.1, 0.15) is 47.0 Å². The predicted molar refractivity (Wildman–Crippen MR) is 60.0 cm³/mol. The molecule has 1 aliphatic carbocycles. The molecule has 0 saturated heterocycles. The fourth-order valence-electron chi connectivity index (χ4n) is 2.41. The Hall–Kier alpha value is -0.590. The molecule has 0 fully saturated rings. The molecule has 2 atom stereocenters. The van der Waals surface area contributed by atoms with Crippen LogP contribution in [0, 0.1) is 5.92 Å². The Kier molecular flexibility index (Phi) is 3.91. The molecule has 0 radical (unpaired) electrons. The van der Waals surface area contributed by atoms with E-state index in [4.69, 9.17) is 0 Å². The number of allylic oxidation sites excluding steroid dienone is 4. The van der Waals surface area contributed by atoms with Crippen LogP contribution in [0.25, 0.3) is 0 Å². The normalized spacial score (nSPS) is 28.8. The zero-order valence-corrected chi connectivity index (χ0v) is 9.73. The fourth-order valence-corrected chi connectivity index (χ4v) is 2.41. The van der Waals surface area contributed by atoms with Gasteiger partial charge in [-0.2, -0.15) is 0 Å². The van der Waals surface area contributed by atoms with Gasteiger partial charge in [-0.3, -0.25) is 0 Å². The summed E-state index contributed by atoms with van der Waals surface area (Å²) in [6.45, 7) is 8.38. The van der Waals surface area contributed by atoms with Crippen LogP contribution in [0.15, 0.2) is 22.8 Å². The Morgan fingerprint density at radius 1 is 1.50 bits per heavy atom. The lowest BCUT2D eigenvalue weighted by atomic mass is 9.94. The summed E-state index contributed by atoms with van der Waals surface area (Å²) in [5, 5.41) is 0. The highest BCUT2D eigenvalue weighted by Gasteiger charge is 2.30. The zero-order valence-electron chi connectivity index (χ0n) is 9.73. The standard InChI is InChI=1S/C13H21F/c1-5-7-9(3)13-10(4)12(14)8-11(13)6-2/h7,10,12H,5-6,8H2,1-4H3/b9-7-/t10-,12-/m1/s1. The van der Waals surface area contributed by atoms with Gasteiger partial charge < -0.3 is 0 Å². The van der Waals surface area contributed by atoms with Crippen molar-refractivity contribution in [3.8, 4) is 0 Å². The van der Waals surface area contributed by atoms with E-state index in [0.717, 1.165) is 12.8 Å². The first kappa shape index (κ1) is 11.5. The Bertz CT molecular complexity index is 260. The second-order valence-electron chi connectivity index (χ2n) is 4.17. The second-order valence-corrected chi connectivity index (χ2v) is 4.17. The third-order valence-corrected chi connectivity index (χ3v) is 3.18. The van der Waals surface area contributed by atoms with Crippen molar-refractivity contribution in [2.24, 2.45) is 5.92 Å². The van der Waals surface area contributed by atoms with Crippen LogP contribution in [-0.2, 0) is 0 Å². The summed E-state index contributed by atoms with van der Waals surface area (Å²) in [6, 6.07) is 0. The molecular weight excluding hydrogens is 175 g/mol. The van der Waals surface area contributed by atoms with Gasteiger partial charge in [0.05, 0.1) is 0 Å². The Morgan fingerprint density at radius 2 is 2.14 bits per heavy atom. The van der Waals surface area contributed by atoms with E-state index in [-0.39, 0.29) is 5.92 Å². The number of hydrogen-bond acceptors (Lipinski definition) is 0. The average Bonchev–Trinajstić information content (AvgIpc) is 2.43. The molecule has 0 amide bonds. The second kappa shape index (κ2) is 4.77. The lowest BCUT2D eigenvalue weighted by molar-refractivity contribution is 0.286. The molecule has 0 saturated carbocycles. The molecule has 0 bridgehead atoms. The van der Waals surface area contributed by atoms with Crippen LogP contribution < -0.4 is 0 Å². The highest BCUT2D eigenvalue weighted by atomic mass is 19.1. The quantitative estimate of drug-likeness (QED) is 0.626. The summed E-state index contributed by atoms with van der Waals surface area (Å²) in [5.74, 6) is 0.104. The van der Waals surface area contributed by atoms with Crippen molar-refractivity contribution >= 4 is 0 Å². The SMILES string of the molecule is CC/C=C(/C)C1=C(CC)C[C@@H](F)[C@H]1C. The van der Waals surface area contributed by atoms with E-state index < -0.39 is 6.17 Å². The predicted octanol–water partition coefficient (Wildman–Crippen LogP) is 4.43. The van der Waals surface area contributed by atoms with Crippen molar-refractivity contribution in [3.05, 3.63) is 22.8 Å². The topological polar surface area (TPSA) is 0 Å². The van der Waals surface area contributed by atoms with E-state index in [1.54, 1.807) is 0 Å². The van der Waals surface area contributed by atoms with Gasteiger partial charge in [0.15, 0.2) is 0 Å². The van der Waals surface area contributed by atoms with E-state index in [1.807, 2.05) is 6.92 Å². The maximum absolute atomic E-state index is 13.5. The number of rotatable bonds is 3. The highest BCUT2D eigenvalue weighted by Crippen LogP contribution is 2.39. The van der Waals surface area contributed by atoms with Gasteiger partial charge in [0.25, 0.3) is 0 Å². The van der Waals surface area contributed by atoms with Gasteiger partial charge in [-0.1, -0.05) is 38.0 Å². The van der Waals surface area contributed by atoms with Gasteiger partial charge in [-0.05, 0) is 25.3 Å². The van der Waals surface area contributed by atoms with E-state index >= 15 is 0 Å². The van der Waals surface area contributed by atoms with Crippen LogP contribution in [0.3, 0.4) is 0 Å². The zero-order chi connectivity index (χ0) is 10.7. The van der Waals surface area contributed by atoms with Crippen molar-refractivity contribution in [3.63, 3.8) is 0 Å². The molecule has 0 aliphatic heterocycles. The van der Waals surface area contributed by atoms with Gasteiger partial charge in [0.1, 0.15) is 6.17 Å². The van der Waals surface area contributed by atoms with Crippen LogP contribution >= 0.6 is 0 Å². The van der Waals surface area contributed by atoms with Crippen molar-refractivity contribution < 1.29 is 4.39 Å². The molecular formula is C13H21F. The van der Waals surface area contributed by atoms with E-state index in [1.165, 1.54) is 16.7 Å². The lowest BCUT2D eigenvalue weighted by Crippen LogP contribution is -2.07. The first-order chi connectivity index (χ1) is 6.61. The molecule has 80 valence electrons. The van der Waals surface area contributed by atoms with Crippen LogP contribution in [0.2, 0.25) is 0 Å². The minimum atomic E-state index is -0.653. The summed E-state index contributed by atoms with van der Waals surface area (Å²) in [7, 11) is 0. The molecule has 1 heteroatoms. The minimum absolute atomic E-state index is 0.104. The maximum Gasteiger partial charge on any atom is 0.110 e. The largest absolute Gasteiger partial charge is 0.246 e. The lowest BCUT2D eigenvalue weighted by Gasteiger charge is -2.13. The van der Waals surface area contributed by atoms with E-state index in [9.17, 15) is 4.39 Å². The third-order valence-electron chi connectivity index (χ3n) is 3.18. The van der Waals surface area contributed by atoms with Crippen molar-refractivity contribution in [1.29, 1.82) is 0 Å². The number of hydrogen-bond donors (Lipinski definition) is 0. The van der Waals surface area contributed by atoms with Crippen molar-refractivity contribution in [2.75, 3.05) is 0 Å². The molecule has 0 aromatic heterocycles. The number of alkyl halides is 1. The third kappa shape index (κ3) is 2.08. The fraction of sp³-hybridized carbons (Fsp3) is 0.692. The summed E-state index contributed by atoms with van der Waals surface area (Å²) in [5.41, 5.74) is 3.91. The summed E-state index contributed by atoms with van der Waals surface area (Å²) >= 11 is 0. The van der Waals surface area contributed by atoms with E-state index in [0.29, 0.717) is 6.42 Å².